The van der Waals surface area contributed by atoms with E-state index in [1.165, 1.54) is 0 Å². The number of nitrogens with zero attached hydrogens (tertiary/aromatic N) is 4. The van der Waals surface area contributed by atoms with Crippen LogP contribution in [0.15, 0.2) is 29.8 Å². The number of carbonyl (C=O) groups excluding carboxylic acids is 1. The van der Waals surface area contributed by atoms with Gasteiger partial charge in [-0.15, -0.1) is 11.3 Å². The zero-order valence-electron chi connectivity index (χ0n) is 13.9. The average Bonchev–Trinajstić information content (AvgIpc) is 3.16. The van der Waals surface area contributed by atoms with E-state index in [1.54, 1.807) is 17.5 Å². The van der Waals surface area contributed by atoms with Gasteiger partial charge in [-0.05, 0) is 45.0 Å². The van der Waals surface area contributed by atoms with Gasteiger partial charge in [0, 0.05) is 30.2 Å². The van der Waals surface area contributed by atoms with Crippen LogP contribution in [0, 0.1) is 0 Å². The van der Waals surface area contributed by atoms with Crippen LogP contribution in [0.1, 0.15) is 25.0 Å². The Morgan fingerprint density at radius 2 is 2.17 bits per heavy atom. The van der Waals surface area contributed by atoms with Crippen LogP contribution in [-0.2, 0) is 11.2 Å². The van der Waals surface area contributed by atoms with Crippen molar-refractivity contribution >= 4 is 17.2 Å². The van der Waals surface area contributed by atoms with Gasteiger partial charge in [-0.25, -0.2) is 4.98 Å². The molecule has 0 unspecified atom stereocenters. The van der Waals surface area contributed by atoms with E-state index in [9.17, 15) is 4.79 Å². The first-order chi connectivity index (χ1) is 11.7. The highest BCUT2D eigenvalue weighted by Crippen LogP contribution is 2.31. The molecule has 1 amide bonds. The molecule has 5 nitrogen and oxygen atoms in total. The van der Waals surface area contributed by atoms with Gasteiger partial charge >= 0.3 is 0 Å². The number of thiazole rings is 1. The minimum absolute atomic E-state index is 0.232. The first-order valence-corrected chi connectivity index (χ1v) is 9.44. The third kappa shape index (κ3) is 3.08. The molecule has 4 rings (SSSR count). The highest BCUT2D eigenvalue weighted by atomic mass is 32.1. The van der Waals surface area contributed by atoms with Gasteiger partial charge in [0.1, 0.15) is 5.01 Å². The predicted octanol–water partition coefficient (Wildman–Crippen LogP) is 2.44. The van der Waals surface area contributed by atoms with Gasteiger partial charge < -0.3 is 9.80 Å². The quantitative estimate of drug-likeness (QED) is 0.860. The van der Waals surface area contributed by atoms with Gasteiger partial charge in [0.05, 0.1) is 17.8 Å². The molecule has 0 spiro atoms. The number of hydrogen-bond donors (Lipinski definition) is 0. The number of hydrogen-bond acceptors (Lipinski definition) is 5. The van der Waals surface area contributed by atoms with Crippen LogP contribution in [0.25, 0.3) is 10.7 Å². The lowest BCUT2D eigenvalue weighted by molar-refractivity contribution is -0.133. The molecular formula is C18H22N4OS. The number of likely N-dealkylation sites (tertiary alicyclic amines) is 1. The van der Waals surface area contributed by atoms with Crippen molar-refractivity contribution in [3.05, 3.63) is 35.5 Å². The molecule has 2 aliphatic heterocycles. The van der Waals surface area contributed by atoms with E-state index < -0.39 is 0 Å². The third-order valence-electron chi connectivity index (χ3n) is 5.04. The van der Waals surface area contributed by atoms with E-state index in [0.29, 0.717) is 18.5 Å². The minimum Gasteiger partial charge on any atom is -0.335 e. The van der Waals surface area contributed by atoms with Gasteiger partial charge in [0.2, 0.25) is 5.91 Å². The monoisotopic (exact) mass is 342 g/mol. The number of fused-ring (bicyclic) bond motifs is 2. The largest absolute Gasteiger partial charge is 0.335 e. The SMILES string of the molecule is CN1CC[C@H]2CC[C@H](C1)N2C(=O)Cc1csc(-c2ccccn2)n1. The molecule has 0 aromatic carbocycles. The maximum Gasteiger partial charge on any atom is 0.229 e. The molecule has 2 saturated heterocycles. The van der Waals surface area contributed by atoms with Crippen LogP contribution in [0.5, 0.6) is 0 Å². The highest BCUT2D eigenvalue weighted by Gasteiger charge is 2.39. The van der Waals surface area contributed by atoms with E-state index in [1.807, 2.05) is 23.6 Å². The molecule has 4 heterocycles. The maximum atomic E-state index is 12.9. The summed E-state index contributed by atoms with van der Waals surface area (Å²) in [6.45, 7) is 2.09. The summed E-state index contributed by atoms with van der Waals surface area (Å²) >= 11 is 1.56. The fourth-order valence-corrected chi connectivity index (χ4v) is 4.69. The minimum atomic E-state index is 0.232. The third-order valence-corrected chi connectivity index (χ3v) is 5.96. The van der Waals surface area contributed by atoms with E-state index in [4.69, 9.17) is 0 Å². The van der Waals surface area contributed by atoms with Gasteiger partial charge in [0.15, 0.2) is 0 Å². The molecule has 2 aliphatic rings. The summed E-state index contributed by atoms with van der Waals surface area (Å²) in [5, 5.41) is 2.88. The van der Waals surface area contributed by atoms with Crippen LogP contribution in [0.2, 0.25) is 0 Å². The van der Waals surface area contributed by atoms with Crippen LogP contribution >= 0.6 is 11.3 Å². The molecule has 0 aliphatic carbocycles. The van der Waals surface area contributed by atoms with Crippen molar-refractivity contribution in [1.29, 1.82) is 0 Å². The summed E-state index contributed by atoms with van der Waals surface area (Å²) in [5.41, 5.74) is 1.74. The summed E-state index contributed by atoms with van der Waals surface area (Å²) in [6.07, 6.45) is 5.56. The second kappa shape index (κ2) is 6.61. The van der Waals surface area contributed by atoms with Crippen molar-refractivity contribution in [2.24, 2.45) is 0 Å². The summed E-state index contributed by atoms with van der Waals surface area (Å²) in [6, 6.07) is 6.61. The Bertz CT molecular complexity index is 717. The normalized spacial score (nSPS) is 24.1. The molecule has 0 N–H and O–H groups in total. The van der Waals surface area contributed by atoms with E-state index in [-0.39, 0.29) is 5.91 Å². The summed E-state index contributed by atoms with van der Waals surface area (Å²) < 4.78 is 0. The molecule has 126 valence electrons. The van der Waals surface area contributed by atoms with Crippen LogP contribution in [0.3, 0.4) is 0 Å². The van der Waals surface area contributed by atoms with E-state index >= 15 is 0 Å². The molecule has 0 radical (unpaired) electrons. The van der Waals surface area contributed by atoms with E-state index in [0.717, 1.165) is 48.7 Å². The van der Waals surface area contributed by atoms with Crippen LogP contribution in [-0.4, -0.2) is 57.9 Å². The van der Waals surface area contributed by atoms with Gasteiger partial charge in [-0.1, -0.05) is 6.07 Å². The smallest absolute Gasteiger partial charge is 0.229 e. The zero-order chi connectivity index (χ0) is 16.5. The lowest BCUT2D eigenvalue weighted by Gasteiger charge is -2.28. The van der Waals surface area contributed by atoms with Crippen molar-refractivity contribution in [2.45, 2.75) is 37.8 Å². The van der Waals surface area contributed by atoms with Crippen molar-refractivity contribution < 1.29 is 4.79 Å². The second-order valence-electron chi connectivity index (χ2n) is 6.77. The second-order valence-corrected chi connectivity index (χ2v) is 7.63. The highest BCUT2D eigenvalue weighted by molar-refractivity contribution is 7.13. The number of amides is 1. The topological polar surface area (TPSA) is 49.3 Å². The van der Waals surface area contributed by atoms with Crippen molar-refractivity contribution in [3.8, 4) is 10.7 Å². The number of likely N-dealkylation sites (N-methyl/N-ethyl adjacent to an activating group) is 1. The van der Waals surface area contributed by atoms with Crippen LogP contribution < -0.4 is 0 Å². The average molecular weight is 342 g/mol. The fraction of sp³-hybridized carbons (Fsp3) is 0.500. The van der Waals surface area contributed by atoms with Crippen molar-refractivity contribution in [1.82, 2.24) is 19.8 Å². The van der Waals surface area contributed by atoms with Crippen molar-refractivity contribution in [3.63, 3.8) is 0 Å². The molecular weight excluding hydrogens is 320 g/mol. The standard InChI is InChI=1S/C18H22N4OS/c1-21-9-7-14-5-6-15(11-21)22(14)17(23)10-13-12-24-18(20-13)16-4-2-3-8-19-16/h2-4,8,12,14-15H,5-7,9-11H2,1H3/t14-,15-/m1/s1. The molecule has 6 heteroatoms. The number of pyridine rings is 1. The molecule has 2 aromatic heterocycles. The Balaban J connectivity index is 1.48. The molecule has 2 aromatic rings. The number of carbonyl (C=O) groups is 1. The zero-order valence-corrected chi connectivity index (χ0v) is 14.7. The molecule has 24 heavy (non-hydrogen) atoms. The Morgan fingerprint density at radius 3 is 3.00 bits per heavy atom. The lowest BCUT2D eigenvalue weighted by Crippen LogP contribution is -2.43. The molecule has 2 bridgehead atoms. The predicted molar refractivity (Wildman–Crippen MR) is 94.8 cm³/mol. The summed E-state index contributed by atoms with van der Waals surface area (Å²) in [4.78, 5) is 26.4. The molecule has 0 saturated carbocycles. The fourth-order valence-electron chi connectivity index (χ4n) is 3.89. The van der Waals surface area contributed by atoms with Crippen molar-refractivity contribution in [2.75, 3.05) is 20.1 Å². The number of rotatable bonds is 3. The first-order valence-electron chi connectivity index (χ1n) is 8.56. The maximum absolute atomic E-state index is 12.9. The van der Waals surface area contributed by atoms with Crippen LogP contribution in [0.4, 0.5) is 0 Å². The summed E-state index contributed by atoms with van der Waals surface area (Å²) in [5.74, 6) is 0.232. The number of aromatic nitrogens is 2. The Hall–Kier alpha value is -1.79. The lowest BCUT2D eigenvalue weighted by atomic mass is 10.1. The Labute approximate surface area is 146 Å². The summed E-state index contributed by atoms with van der Waals surface area (Å²) in [7, 11) is 2.16. The van der Waals surface area contributed by atoms with Gasteiger partial charge in [0.25, 0.3) is 0 Å². The molecule has 2 atom stereocenters. The Morgan fingerprint density at radius 1 is 1.29 bits per heavy atom. The Kier molecular flexibility index (Phi) is 4.33. The first kappa shape index (κ1) is 15.7. The van der Waals surface area contributed by atoms with Gasteiger partial charge in [-0.3, -0.25) is 9.78 Å². The van der Waals surface area contributed by atoms with Gasteiger partial charge in [-0.2, -0.15) is 0 Å². The van der Waals surface area contributed by atoms with E-state index in [2.05, 4.69) is 26.8 Å². The molecule has 2 fully saturated rings.